The Morgan fingerprint density at radius 3 is 1.88 bits per heavy atom. The van der Waals surface area contributed by atoms with Crippen molar-refractivity contribution in [1.29, 1.82) is 15.8 Å². The van der Waals surface area contributed by atoms with Gasteiger partial charge < -0.3 is 5.32 Å². The lowest BCUT2D eigenvalue weighted by molar-refractivity contribution is 0.0979. The van der Waals surface area contributed by atoms with Crippen LogP contribution in [-0.2, 0) is 0 Å². The molecule has 0 radical (unpaired) electrons. The number of benzene rings is 2. The SMILES string of the molecule is N#CC(C#N)=C(C#N)Nc1ccc2c(c1)C(=O)c1ccccc1C2=O. The van der Waals surface area contributed by atoms with E-state index in [1.807, 2.05) is 0 Å². The van der Waals surface area contributed by atoms with E-state index in [9.17, 15) is 9.59 Å². The van der Waals surface area contributed by atoms with Crippen molar-refractivity contribution in [2.75, 3.05) is 5.32 Å². The lowest BCUT2D eigenvalue weighted by Crippen LogP contribution is -2.21. The summed E-state index contributed by atoms with van der Waals surface area (Å²) >= 11 is 0. The molecular formula is C19H8N4O2. The lowest BCUT2D eigenvalue weighted by Gasteiger charge is -2.18. The molecule has 0 unspecified atom stereocenters. The van der Waals surface area contributed by atoms with Crippen molar-refractivity contribution in [2.45, 2.75) is 0 Å². The highest BCUT2D eigenvalue weighted by atomic mass is 16.1. The van der Waals surface area contributed by atoms with Gasteiger partial charge >= 0.3 is 0 Å². The van der Waals surface area contributed by atoms with Crippen LogP contribution < -0.4 is 5.32 Å². The molecule has 116 valence electrons. The molecule has 0 aromatic heterocycles. The third-order valence-corrected chi connectivity index (χ3v) is 3.78. The second-order valence-electron chi connectivity index (χ2n) is 5.17. The van der Waals surface area contributed by atoms with Crippen LogP contribution in [0.25, 0.3) is 0 Å². The third kappa shape index (κ3) is 2.53. The summed E-state index contributed by atoms with van der Waals surface area (Å²) in [7, 11) is 0. The van der Waals surface area contributed by atoms with E-state index in [0.29, 0.717) is 16.8 Å². The molecule has 0 saturated carbocycles. The average Bonchev–Trinajstić information content (AvgIpc) is 2.66. The highest BCUT2D eigenvalue weighted by Crippen LogP contribution is 2.29. The minimum atomic E-state index is -0.368. The Balaban J connectivity index is 2.08. The zero-order valence-corrected chi connectivity index (χ0v) is 12.7. The number of hydrogen-bond donors (Lipinski definition) is 1. The first-order chi connectivity index (χ1) is 12.1. The van der Waals surface area contributed by atoms with Crippen molar-refractivity contribution < 1.29 is 9.59 Å². The summed E-state index contributed by atoms with van der Waals surface area (Å²) in [6.45, 7) is 0. The molecule has 1 aliphatic rings. The number of fused-ring (bicyclic) bond motifs is 2. The van der Waals surface area contributed by atoms with Crippen LogP contribution in [0.4, 0.5) is 5.69 Å². The Hall–Kier alpha value is -4.21. The van der Waals surface area contributed by atoms with Crippen LogP contribution in [-0.4, -0.2) is 11.6 Å². The molecule has 1 aliphatic carbocycles. The maximum atomic E-state index is 12.6. The summed E-state index contributed by atoms with van der Waals surface area (Å²) in [5.74, 6) is -0.542. The molecule has 25 heavy (non-hydrogen) atoms. The molecular weight excluding hydrogens is 316 g/mol. The van der Waals surface area contributed by atoms with Crippen molar-refractivity contribution in [3.05, 3.63) is 76.0 Å². The Kier molecular flexibility index (Phi) is 3.84. The van der Waals surface area contributed by atoms with Gasteiger partial charge in [0, 0.05) is 27.9 Å². The van der Waals surface area contributed by atoms with Gasteiger partial charge in [0.05, 0.1) is 0 Å². The number of rotatable bonds is 2. The van der Waals surface area contributed by atoms with Gasteiger partial charge in [0.15, 0.2) is 17.1 Å². The predicted octanol–water partition coefficient (Wildman–Crippen LogP) is 2.70. The standard InChI is InChI=1S/C19H8N4O2/c20-8-11(9-21)17(10-22)23-12-5-6-15-16(7-12)19(25)14-4-2-1-3-13(14)18(15)24/h1-7,23H. The van der Waals surface area contributed by atoms with Crippen molar-refractivity contribution in [3.63, 3.8) is 0 Å². The van der Waals surface area contributed by atoms with Crippen molar-refractivity contribution in [2.24, 2.45) is 0 Å². The predicted molar refractivity (Wildman–Crippen MR) is 87.2 cm³/mol. The van der Waals surface area contributed by atoms with Crippen molar-refractivity contribution in [1.82, 2.24) is 0 Å². The Labute approximate surface area is 142 Å². The fourth-order valence-corrected chi connectivity index (χ4v) is 2.60. The molecule has 0 atom stereocenters. The first kappa shape index (κ1) is 15.7. The fraction of sp³-hybridized carbons (Fsp3) is 0. The number of nitrogens with one attached hydrogen (secondary N) is 1. The molecule has 1 N–H and O–H groups in total. The van der Waals surface area contributed by atoms with Crippen LogP contribution in [0.2, 0.25) is 0 Å². The maximum absolute atomic E-state index is 12.6. The largest absolute Gasteiger partial charge is 0.345 e. The fourth-order valence-electron chi connectivity index (χ4n) is 2.60. The number of nitrogens with zero attached hydrogens (tertiary/aromatic N) is 3. The molecule has 0 aliphatic heterocycles. The van der Waals surface area contributed by atoms with Crippen molar-refractivity contribution >= 4 is 17.3 Å². The highest BCUT2D eigenvalue weighted by molar-refractivity contribution is 6.28. The van der Waals surface area contributed by atoms with E-state index < -0.39 is 0 Å². The van der Waals surface area contributed by atoms with E-state index in [1.54, 1.807) is 42.5 Å². The molecule has 0 heterocycles. The molecule has 0 fully saturated rings. The molecule has 6 heteroatoms. The van der Waals surface area contributed by atoms with E-state index in [2.05, 4.69) is 5.32 Å². The third-order valence-electron chi connectivity index (χ3n) is 3.78. The Bertz CT molecular complexity index is 1080. The first-order valence-corrected chi connectivity index (χ1v) is 7.14. The molecule has 3 rings (SSSR count). The quantitative estimate of drug-likeness (QED) is 0.724. The van der Waals surface area contributed by atoms with Gasteiger partial charge in [-0.1, -0.05) is 24.3 Å². The molecule has 0 spiro atoms. The molecule has 0 amide bonds. The van der Waals surface area contributed by atoms with Crippen molar-refractivity contribution in [3.8, 4) is 18.2 Å². The summed E-state index contributed by atoms with van der Waals surface area (Å²) in [6.07, 6.45) is 0. The van der Waals surface area contributed by atoms with Crippen LogP contribution in [0.1, 0.15) is 31.8 Å². The summed E-state index contributed by atoms with van der Waals surface area (Å²) in [4.78, 5) is 25.2. The number of nitriles is 3. The summed E-state index contributed by atoms with van der Waals surface area (Å²) in [5.41, 5.74) is 0.906. The minimum Gasteiger partial charge on any atom is -0.345 e. The number of ketones is 2. The van der Waals surface area contributed by atoms with E-state index in [1.165, 1.54) is 18.2 Å². The van der Waals surface area contributed by atoms with E-state index >= 15 is 0 Å². The topological polar surface area (TPSA) is 118 Å². The van der Waals surface area contributed by atoms with Crippen LogP contribution in [0.15, 0.2) is 53.7 Å². The van der Waals surface area contributed by atoms with Crippen LogP contribution in [0.3, 0.4) is 0 Å². The van der Waals surface area contributed by atoms with Crippen LogP contribution >= 0.6 is 0 Å². The summed E-state index contributed by atoms with van der Waals surface area (Å²) < 4.78 is 0. The molecule has 0 bridgehead atoms. The van der Waals surface area contributed by atoms with Gasteiger partial charge in [-0.05, 0) is 18.2 Å². The maximum Gasteiger partial charge on any atom is 0.194 e. The zero-order valence-electron chi connectivity index (χ0n) is 12.7. The normalized spacial score (nSPS) is 11.2. The smallest absolute Gasteiger partial charge is 0.194 e. The Morgan fingerprint density at radius 1 is 0.760 bits per heavy atom. The molecule has 2 aromatic carbocycles. The average molecular weight is 324 g/mol. The highest BCUT2D eigenvalue weighted by Gasteiger charge is 2.29. The zero-order chi connectivity index (χ0) is 18.0. The van der Waals surface area contributed by atoms with Gasteiger partial charge in [-0.15, -0.1) is 0 Å². The van der Waals surface area contributed by atoms with Crippen LogP contribution in [0.5, 0.6) is 0 Å². The van der Waals surface area contributed by atoms with Gasteiger partial charge in [0.2, 0.25) is 0 Å². The molecule has 0 saturated heterocycles. The van der Waals surface area contributed by atoms with E-state index in [-0.39, 0.29) is 34.0 Å². The van der Waals surface area contributed by atoms with E-state index in [4.69, 9.17) is 15.8 Å². The monoisotopic (exact) mass is 324 g/mol. The number of carbonyl (C=O) groups is 2. The molecule has 2 aromatic rings. The second kappa shape index (κ2) is 6.12. The van der Waals surface area contributed by atoms with Gasteiger partial charge in [0.1, 0.15) is 23.9 Å². The van der Waals surface area contributed by atoms with Gasteiger partial charge in [-0.3, -0.25) is 9.59 Å². The second-order valence-corrected chi connectivity index (χ2v) is 5.17. The number of allylic oxidation sites excluding steroid dienone is 2. The summed E-state index contributed by atoms with van der Waals surface area (Å²) in [5, 5.41) is 29.5. The minimum absolute atomic E-state index is 0.210. The lowest BCUT2D eigenvalue weighted by atomic mass is 9.84. The number of anilines is 1. The van der Waals surface area contributed by atoms with Gasteiger partial charge in [0.25, 0.3) is 0 Å². The van der Waals surface area contributed by atoms with Crippen LogP contribution in [0, 0.1) is 34.0 Å². The number of carbonyl (C=O) groups excluding carboxylic acids is 2. The Morgan fingerprint density at radius 2 is 1.32 bits per heavy atom. The van der Waals surface area contributed by atoms with Gasteiger partial charge in [-0.2, -0.15) is 15.8 Å². The molecule has 6 nitrogen and oxygen atoms in total. The summed E-state index contributed by atoms with van der Waals surface area (Å²) in [6, 6.07) is 16.0. The van der Waals surface area contributed by atoms with Gasteiger partial charge in [-0.25, -0.2) is 0 Å². The first-order valence-electron chi connectivity index (χ1n) is 7.14. The number of hydrogen-bond acceptors (Lipinski definition) is 6. The van der Waals surface area contributed by atoms with E-state index in [0.717, 1.165) is 0 Å².